The van der Waals surface area contributed by atoms with Crippen LogP contribution in [-0.4, -0.2) is 49.3 Å². The van der Waals surface area contributed by atoms with Gasteiger partial charge in [-0.05, 0) is 24.5 Å². The normalized spacial score (nSPS) is 21.5. The number of likely N-dealkylation sites (tertiary alicyclic amines) is 1. The lowest BCUT2D eigenvalue weighted by Crippen LogP contribution is -2.49. The Labute approximate surface area is 177 Å². The summed E-state index contributed by atoms with van der Waals surface area (Å²) >= 11 is 0. The van der Waals surface area contributed by atoms with Crippen molar-refractivity contribution in [1.82, 2.24) is 14.0 Å². The minimum atomic E-state index is -0.978. The number of aliphatic carboxylic acids is 2. The third-order valence-electron chi connectivity index (χ3n) is 6.53. The molecule has 0 saturated carbocycles. The first-order chi connectivity index (χ1) is 14.9. The first-order valence-corrected chi connectivity index (χ1v) is 10.4. The lowest BCUT2D eigenvalue weighted by Gasteiger charge is -2.44. The number of pyridine rings is 1. The second-order valence-electron chi connectivity index (χ2n) is 8.52. The van der Waals surface area contributed by atoms with Gasteiger partial charge in [0.1, 0.15) is 12.6 Å². The predicted molar refractivity (Wildman–Crippen MR) is 113 cm³/mol. The van der Waals surface area contributed by atoms with Gasteiger partial charge in [0.2, 0.25) is 0 Å². The topological polar surface area (TPSA) is 105 Å². The molecule has 1 aromatic carbocycles. The molecule has 0 radical (unpaired) electrons. The van der Waals surface area contributed by atoms with E-state index in [4.69, 9.17) is 0 Å². The van der Waals surface area contributed by atoms with Crippen molar-refractivity contribution < 1.29 is 19.8 Å². The van der Waals surface area contributed by atoms with E-state index >= 15 is 0 Å². The highest BCUT2D eigenvalue weighted by Gasteiger charge is 2.40. The summed E-state index contributed by atoms with van der Waals surface area (Å²) in [6.07, 6.45) is 2.60. The largest absolute Gasteiger partial charge is 0.480 e. The van der Waals surface area contributed by atoms with Crippen molar-refractivity contribution in [2.75, 3.05) is 13.1 Å². The maximum atomic E-state index is 12.5. The predicted octanol–water partition coefficient (Wildman–Crippen LogP) is 2.13. The van der Waals surface area contributed by atoms with Crippen LogP contribution in [0.4, 0.5) is 0 Å². The summed E-state index contributed by atoms with van der Waals surface area (Å²) in [6.45, 7) is 1.48. The Morgan fingerprint density at radius 3 is 2.61 bits per heavy atom. The molecule has 0 unspecified atom stereocenters. The zero-order chi connectivity index (χ0) is 21.7. The number of para-hydroxylation sites is 1. The molecule has 3 aromatic rings. The van der Waals surface area contributed by atoms with E-state index in [2.05, 4.69) is 0 Å². The average molecular weight is 421 g/mol. The number of aromatic nitrogens is 2. The SMILES string of the molecule is O=C(O)Cn1cc([C@H](C(=O)O)N2C[C@H]3C[C@H](C2)c2cccc(=O)n2C3)c2ccccc21. The summed E-state index contributed by atoms with van der Waals surface area (Å²) in [7, 11) is 0. The van der Waals surface area contributed by atoms with Gasteiger partial charge in [0.25, 0.3) is 5.56 Å². The molecule has 4 heterocycles. The van der Waals surface area contributed by atoms with Crippen LogP contribution >= 0.6 is 0 Å². The van der Waals surface area contributed by atoms with Gasteiger partial charge in [-0.15, -0.1) is 0 Å². The second-order valence-corrected chi connectivity index (χ2v) is 8.52. The molecule has 0 amide bonds. The maximum Gasteiger partial charge on any atom is 0.325 e. The quantitative estimate of drug-likeness (QED) is 0.654. The van der Waals surface area contributed by atoms with Gasteiger partial charge in [-0.1, -0.05) is 24.3 Å². The lowest BCUT2D eigenvalue weighted by molar-refractivity contribution is -0.144. The Balaban J connectivity index is 1.56. The molecule has 1 saturated heterocycles. The van der Waals surface area contributed by atoms with Crippen LogP contribution in [0, 0.1) is 5.92 Å². The van der Waals surface area contributed by atoms with E-state index in [9.17, 15) is 24.6 Å². The second kappa shape index (κ2) is 7.39. The molecule has 2 aliphatic heterocycles. The highest BCUT2D eigenvalue weighted by molar-refractivity contribution is 5.90. The van der Waals surface area contributed by atoms with E-state index in [-0.39, 0.29) is 23.9 Å². The summed E-state index contributed by atoms with van der Waals surface area (Å²) in [5, 5.41) is 20.2. The van der Waals surface area contributed by atoms with Gasteiger partial charge >= 0.3 is 11.9 Å². The number of hydrogen-bond acceptors (Lipinski definition) is 4. The van der Waals surface area contributed by atoms with Gasteiger partial charge in [-0.2, -0.15) is 0 Å². The number of benzene rings is 1. The van der Waals surface area contributed by atoms with Gasteiger partial charge in [0, 0.05) is 60.0 Å². The van der Waals surface area contributed by atoms with Gasteiger partial charge in [-0.25, -0.2) is 0 Å². The van der Waals surface area contributed by atoms with E-state index in [1.54, 1.807) is 22.9 Å². The number of fused-ring (bicyclic) bond motifs is 5. The number of carboxylic acids is 2. The average Bonchev–Trinajstić information content (AvgIpc) is 3.06. The fraction of sp³-hybridized carbons (Fsp3) is 0.348. The van der Waals surface area contributed by atoms with Gasteiger partial charge in [0.15, 0.2) is 0 Å². The Morgan fingerprint density at radius 2 is 1.84 bits per heavy atom. The molecular formula is C23H23N3O5. The Kier molecular flexibility index (Phi) is 4.66. The lowest BCUT2D eigenvalue weighted by atomic mass is 9.82. The highest BCUT2D eigenvalue weighted by atomic mass is 16.4. The third-order valence-corrected chi connectivity index (χ3v) is 6.53. The van der Waals surface area contributed by atoms with Crippen LogP contribution in [0.5, 0.6) is 0 Å². The molecule has 8 heteroatoms. The fourth-order valence-corrected chi connectivity index (χ4v) is 5.40. The summed E-state index contributed by atoms with van der Waals surface area (Å²) in [6, 6.07) is 11.7. The Morgan fingerprint density at radius 1 is 1.03 bits per heavy atom. The molecule has 2 aliphatic rings. The molecular weight excluding hydrogens is 398 g/mol. The molecule has 3 atom stereocenters. The first kappa shape index (κ1) is 19.6. The molecule has 1 fully saturated rings. The highest BCUT2D eigenvalue weighted by Crippen LogP contribution is 2.40. The number of carbonyl (C=O) groups is 2. The van der Waals surface area contributed by atoms with Crippen LogP contribution in [0.15, 0.2) is 53.5 Å². The maximum absolute atomic E-state index is 12.5. The molecule has 2 bridgehead atoms. The van der Waals surface area contributed by atoms with Crippen molar-refractivity contribution in [3.8, 4) is 0 Å². The number of piperidine rings is 1. The summed E-state index contributed by atoms with van der Waals surface area (Å²) in [5.74, 6) is -1.64. The minimum Gasteiger partial charge on any atom is -0.480 e. The van der Waals surface area contributed by atoms with Crippen LogP contribution in [0.1, 0.15) is 29.6 Å². The van der Waals surface area contributed by atoms with Crippen molar-refractivity contribution in [1.29, 1.82) is 0 Å². The van der Waals surface area contributed by atoms with Gasteiger partial charge < -0.3 is 19.3 Å². The number of carboxylic acid groups (broad SMARTS) is 2. The monoisotopic (exact) mass is 421 g/mol. The molecule has 8 nitrogen and oxygen atoms in total. The van der Waals surface area contributed by atoms with Crippen LogP contribution < -0.4 is 5.56 Å². The van der Waals surface area contributed by atoms with E-state index in [1.165, 1.54) is 0 Å². The van der Waals surface area contributed by atoms with Crippen molar-refractivity contribution in [3.05, 3.63) is 70.3 Å². The zero-order valence-corrected chi connectivity index (χ0v) is 16.8. The van der Waals surface area contributed by atoms with E-state index < -0.39 is 18.0 Å². The van der Waals surface area contributed by atoms with Gasteiger partial charge in [-0.3, -0.25) is 19.3 Å². The van der Waals surface area contributed by atoms with E-state index in [0.717, 1.165) is 17.5 Å². The van der Waals surface area contributed by atoms with Crippen molar-refractivity contribution in [2.24, 2.45) is 5.92 Å². The Hall–Kier alpha value is -3.39. The fourth-order valence-electron chi connectivity index (χ4n) is 5.40. The van der Waals surface area contributed by atoms with Crippen molar-refractivity contribution in [2.45, 2.75) is 31.5 Å². The van der Waals surface area contributed by atoms with Crippen LogP contribution in [0.25, 0.3) is 10.9 Å². The summed E-state index contributed by atoms with van der Waals surface area (Å²) in [5.41, 5.74) is 2.27. The molecule has 0 spiro atoms. The molecule has 2 aromatic heterocycles. The van der Waals surface area contributed by atoms with Crippen molar-refractivity contribution >= 4 is 22.8 Å². The third kappa shape index (κ3) is 3.33. The van der Waals surface area contributed by atoms with E-state index in [1.807, 2.05) is 39.8 Å². The smallest absolute Gasteiger partial charge is 0.325 e. The minimum absolute atomic E-state index is 0.00724. The first-order valence-electron chi connectivity index (χ1n) is 10.4. The number of hydrogen-bond donors (Lipinski definition) is 2. The number of rotatable bonds is 5. The van der Waals surface area contributed by atoms with Crippen LogP contribution in [0.3, 0.4) is 0 Å². The molecule has 0 aliphatic carbocycles. The van der Waals surface area contributed by atoms with Crippen LogP contribution in [-0.2, 0) is 22.7 Å². The van der Waals surface area contributed by atoms with E-state index in [0.29, 0.717) is 30.7 Å². The van der Waals surface area contributed by atoms with Crippen molar-refractivity contribution in [3.63, 3.8) is 0 Å². The standard InChI is InChI=1S/C23H23N3O5/c27-20-7-3-6-18-15-8-14(10-26(18)20)9-25(11-15)22(23(30)31)17-12-24(13-21(28)29)19-5-2-1-4-16(17)19/h1-7,12,14-15,22H,8-11,13H2,(H,28,29)(H,30,31)/t14-,15-,22-/m1/s1. The van der Waals surface area contributed by atoms with Gasteiger partial charge in [0.05, 0.1) is 0 Å². The zero-order valence-electron chi connectivity index (χ0n) is 16.8. The molecule has 160 valence electrons. The molecule has 2 N–H and O–H groups in total. The summed E-state index contributed by atoms with van der Waals surface area (Å²) in [4.78, 5) is 38.1. The molecule has 5 rings (SSSR count). The Bertz CT molecular complexity index is 1240. The van der Waals surface area contributed by atoms with Crippen LogP contribution in [0.2, 0.25) is 0 Å². The number of nitrogens with zero attached hydrogens (tertiary/aromatic N) is 3. The summed E-state index contributed by atoms with van der Waals surface area (Å²) < 4.78 is 3.42. The molecule has 31 heavy (non-hydrogen) atoms.